The summed E-state index contributed by atoms with van der Waals surface area (Å²) < 4.78 is 5.49. The predicted molar refractivity (Wildman–Crippen MR) is 62.4 cm³/mol. The summed E-state index contributed by atoms with van der Waals surface area (Å²) in [6, 6.07) is 1.44. The second-order valence-corrected chi connectivity index (χ2v) is 3.62. The second kappa shape index (κ2) is 4.92. The summed E-state index contributed by atoms with van der Waals surface area (Å²) in [6.07, 6.45) is 3.95. The highest BCUT2D eigenvalue weighted by Crippen LogP contribution is 2.18. The first kappa shape index (κ1) is 11.5. The van der Waals surface area contributed by atoms with Gasteiger partial charge in [0.15, 0.2) is 5.43 Å². The minimum absolute atomic E-state index is 0.0130. The zero-order valence-electron chi connectivity index (χ0n) is 9.73. The number of pyridine rings is 1. The first-order chi connectivity index (χ1) is 8.26. The van der Waals surface area contributed by atoms with Crippen LogP contribution in [0.25, 0.3) is 11.5 Å². The van der Waals surface area contributed by atoms with Crippen LogP contribution in [0.2, 0.25) is 0 Å². The van der Waals surface area contributed by atoms with Crippen LogP contribution in [0.5, 0.6) is 0 Å². The molecule has 6 nitrogen and oxygen atoms in total. The van der Waals surface area contributed by atoms with Gasteiger partial charge in [0.2, 0.25) is 5.89 Å². The van der Waals surface area contributed by atoms with Crippen molar-refractivity contribution in [2.75, 3.05) is 7.05 Å². The van der Waals surface area contributed by atoms with Crippen molar-refractivity contribution in [1.29, 1.82) is 0 Å². The monoisotopic (exact) mass is 234 g/mol. The second-order valence-electron chi connectivity index (χ2n) is 3.62. The molecule has 2 aromatic rings. The van der Waals surface area contributed by atoms with E-state index in [1.807, 2.05) is 14.0 Å². The molecule has 0 aliphatic heterocycles. The van der Waals surface area contributed by atoms with E-state index in [1.165, 1.54) is 6.07 Å². The zero-order chi connectivity index (χ0) is 12.3. The van der Waals surface area contributed by atoms with E-state index in [1.54, 1.807) is 12.4 Å². The molecule has 1 atom stereocenters. The van der Waals surface area contributed by atoms with Crippen molar-refractivity contribution in [3.05, 3.63) is 34.6 Å². The molecule has 6 heteroatoms. The minimum atomic E-state index is -0.142. The molecule has 2 rings (SSSR count). The molecule has 2 heterocycles. The summed E-state index contributed by atoms with van der Waals surface area (Å²) in [7, 11) is 1.83. The topological polar surface area (TPSA) is 83.8 Å². The molecule has 2 N–H and O–H groups in total. The molecule has 0 aromatic carbocycles. The van der Waals surface area contributed by atoms with Crippen molar-refractivity contribution in [3.8, 4) is 11.5 Å². The molecule has 17 heavy (non-hydrogen) atoms. The maximum atomic E-state index is 11.6. The smallest absolute Gasteiger partial charge is 0.253 e. The third-order valence-electron chi connectivity index (χ3n) is 2.55. The van der Waals surface area contributed by atoms with E-state index in [-0.39, 0.29) is 17.4 Å². The lowest BCUT2D eigenvalue weighted by Crippen LogP contribution is -2.15. The predicted octanol–water partition coefficient (Wildman–Crippen LogP) is 1.10. The third-order valence-corrected chi connectivity index (χ3v) is 2.55. The van der Waals surface area contributed by atoms with Crippen LogP contribution in [0.4, 0.5) is 0 Å². The number of aromatic amines is 1. The van der Waals surface area contributed by atoms with Crippen LogP contribution in [0.15, 0.2) is 27.7 Å². The van der Waals surface area contributed by atoms with Gasteiger partial charge < -0.3 is 14.7 Å². The molecule has 0 spiro atoms. The molecule has 0 aliphatic carbocycles. The van der Waals surface area contributed by atoms with Gasteiger partial charge in [0.1, 0.15) is 5.56 Å². The molecule has 90 valence electrons. The van der Waals surface area contributed by atoms with Crippen molar-refractivity contribution in [1.82, 2.24) is 20.5 Å². The Labute approximate surface area is 98.1 Å². The number of aromatic nitrogens is 3. The SMILES string of the molecule is CCC(NC)c1nnc(-c2c[nH]ccc2=O)o1. The molecular formula is C11H14N4O2. The molecule has 2 aromatic heterocycles. The average molecular weight is 234 g/mol. The van der Waals surface area contributed by atoms with E-state index in [9.17, 15) is 4.79 Å². The third kappa shape index (κ3) is 2.26. The Kier molecular flexibility index (Phi) is 3.34. The molecule has 0 saturated heterocycles. The zero-order valence-corrected chi connectivity index (χ0v) is 9.73. The quantitative estimate of drug-likeness (QED) is 0.827. The summed E-state index contributed by atoms with van der Waals surface area (Å²) in [4.78, 5) is 14.4. The molecule has 0 saturated carbocycles. The Morgan fingerprint density at radius 3 is 3.00 bits per heavy atom. The molecule has 1 unspecified atom stereocenters. The van der Waals surface area contributed by atoms with E-state index < -0.39 is 0 Å². The highest BCUT2D eigenvalue weighted by atomic mass is 16.4. The van der Waals surface area contributed by atoms with E-state index in [4.69, 9.17) is 4.42 Å². The Bertz CT molecular complexity index is 542. The van der Waals surface area contributed by atoms with Crippen molar-refractivity contribution in [2.24, 2.45) is 0 Å². The molecule has 0 amide bonds. The van der Waals surface area contributed by atoms with Crippen LogP contribution < -0.4 is 10.7 Å². The highest BCUT2D eigenvalue weighted by Gasteiger charge is 2.16. The Morgan fingerprint density at radius 2 is 2.35 bits per heavy atom. The van der Waals surface area contributed by atoms with Crippen LogP contribution in [-0.4, -0.2) is 22.2 Å². The maximum absolute atomic E-state index is 11.6. The van der Waals surface area contributed by atoms with E-state index >= 15 is 0 Å². The summed E-state index contributed by atoms with van der Waals surface area (Å²) in [5.41, 5.74) is 0.244. The van der Waals surface area contributed by atoms with Gasteiger partial charge in [-0.15, -0.1) is 10.2 Å². The summed E-state index contributed by atoms with van der Waals surface area (Å²) in [5.74, 6) is 0.740. The van der Waals surface area contributed by atoms with Gasteiger partial charge in [-0.3, -0.25) is 4.79 Å². The Balaban J connectivity index is 2.36. The van der Waals surface area contributed by atoms with Gasteiger partial charge in [0.25, 0.3) is 5.89 Å². The van der Waals surface area contributed by atoms with Gasteiger partial charge in [-0.2, -0.15) is 0 Å². The molecule has 0 aliphatic rings. The number of hydrogen-bond donors (Lipinski definition) is 2. The normalized spacial score (nSPS) is 12.6. The van der Waals surface area contributed by atoms with Crippen molar-refractivity contribution < 1.29 is 4.42 Å². The lowest BCUT2D eigenvalue weighted by molar-refractivity contribution is 0.415. The van der Waals surface area contributed by atoms with E-state index in [0.29, 0.717) is 11.5 Å². The molecular weight excluding hydrogens is 220 g/mol. The van der Waals surface area contributed by atoms with Gasteiger partial charge in [-0.1, -0.05) is 6.92 Å². The van der Waals surface area contributed by atoms with Crippen LogP contribution in [0.3, 0.4) is 0 Å². The maximum Gasteiger partial charge on any atom is 0.253 e. The summed E-state index contributed by atoms with van der Waals surface area (Å²) in [5, 5.41) is 10.9. The fraction of sp³-hybridized carbons (Fsp3) is 0.364. The Hall–Kier alpha value is -1.95. The highest BCUT2D eigenvalue weighted by molar-refractivity contribution is 5.49. The van der Waals surface area contributed by atoms with Gasteiger partial charge in [0, 0.05) is 18.5 Å². The number of nitrogens with zero attached hydrogens (tertiary/aromatic N) is 2. The minimum Gasteiger partial charge on any atom is -0.419 e. The van der Waals surface area contributed by atoms with Gasteiger partial charge >= 0.3 is 0 Å². The van der Waals surface area contributed by atoms with E-state index in [0.717, 1.165) is 6.42 Å². The van der Waals surface area contributed by atoms with Gasteiger partial charge in [-0.25, -0.2) is 0 Å². The van der Waals surface area contributed by atoms with Gasteiger partial charge in [-0.05, 0) is 13.5 Å². The Morgan fingerprint density at radius 1 is 1.53 bits per heavy atom. The van der Waals surface area contributed by atoms with Crippen LogP contribution in [0, 0.1) is 0 Å². The number of nitrogens with one attached hydrogen (secondary N) is 2. The summed E-state index contributed by atoms with van der Waals surface area (Å²) in [6.45, 7) is 2.01. The van der Waals surface area contributed by atoms with Crippen molar-refractivity contribution >= 4 is 0 Å². The van der Waals surface area contributed by atoms with Crippen LogP contribution in [0.1, 0.15) is 25.3 Å². The molecule has 0 fully saturated rings. The lowest BCUT2D eigenvalue weighted by Gasteiger charge is -2.06. The first-order valence-electron chi connectivity index (χ1n) is 5.44. The van der Waals surface area contributed by atoms with Crippen LogP contribution >= 0.6 is 0 Å². The standard InChI is InChI=1S/C11H14N4O2/c1-3-8(12-2)11-15-14-10(17-11)7-6-13-5-4-9(7)16/h4-6,8,12H,3H2,1-2H3,(H,13,16). The van der Waals surface area contributed by atoms with E-state index in [2.05, 4.69) is 20.5 Å². The fourth-order valence-electron chi connectivity index (χ4n) is 1.57. The number of hydrogen-bond acceptors (Lipinski definition) is 5. The number of rotatable bonds is 4. The van der Waals surface area contributed by atoms with Gasteiger partial charge in [0.05, 0.1) is 6.04 Å². The lowest BCUT2D eigenvalue weighted by atomic mass is 10.2. The van der Waals surface area contributed by atoms with Crippen molar-refractivity contribution in [2.45, 2.75) is 19.4 Å². The largest absolute Gasteiger partial charge is 0.419 e. The molecule has 0 radical (unpaired) electrons. The average Bonchev–Trinajstić information content (AvgIpc) is 2.81. The molecule has 0 bridgehead atoms. The number of H-pyrrole nitrogens is 1. The first-order valence-corrected chi connectivity index (χ1v) is 5.44. The summed E-state index contributed by atoms with van der Waals surface area (Å²) >= 11 is 0. The fourth-order valence-corrected chi connectivity index (χ4v) is 1.57. The van der Waals surface area contributed by atoms with Crippen LogP contribution in [-0.2, 0) is 0 Å². The van der Waals surface area contributed by atoms with Crippen molar-refractivity contribution in [3.63, 3.8) is 0 Å².